The molecular weight excluding hydrogens is 362 g/mol. The van der Waals surface area contributed by atoms with Gasteiger partial charge in [0.2, 0.25) is 5.91 Å². The molecule has 2 amide bonds. The number of carbonyl (C=O) groups excluding carboxylic acids is 2. The lowest BCUT2D eigenvalue weighted by Crippen LogP contribution is -2.48. The van der Waals surface area contributed by atoms with Gasteiger partial charge in [0.1, 0.15) is 5.69 Å². The number of likely N-dealkylation sites (tertiary alicyclic amines) is 1. The second-order valence-corrected chi connectivity index (χ2v) is 7.31. The molecule has 2 saturated heterocycles. The Hall–Kier alpha value is -2.68. The highest BCUT2D eigenvalue weighted by Gasteiger charge is 2.31. The molecule has 2 aliphatic heterocycles. The maximum Gasteiger partial charge on any atom is 0.293 e. The summed E-state index contributed by atoms with van der Waals surface area (Å²) in [4.78, 5) is 41.1. The molecule has 0 aliphatic carbocycles. The molecule has 1 unspecified atom stereocenters. The van der Waals surface area contributed by atoms with Crippen LogP contribution in [0.15, 0.2) is 18.2 Å². The summed E-state index contributed by atoms with van der Waals surface area (Å²) in [5.41, 5.74) is 0.783. The highest BCUT2D eigenvalue weighted by molar-refractivity contribution is 5.96. The van der Waals surface area contributed by atoms with Gasteiger partial charge in [-0.2, -0.15) is 0 Å². The summed E-state index contributed by atoms with van der Waals surface area (Å²) in [5.74, 6) is -0.148. The van der Waals surface area contributed by atoms with E-state index in [0.717, 1.165) is 12.8 Å². The second-order valence-electron chi connectivity index (χ2n) is 7.31. The number of anilines is 1. The quantitative estimate of drug-likeness (QED) is 0.598. The van der Waals surface area contributed by atoms with Crippen LogP contribution < -0.4 is 10.2 Å². The van der Waals surface area contributed by atoms with Crippen molar-refractivity contribution < 1.29 is 14.5 Å². The number of carbonyl (C=O) groups is 2. The summed E-state index contributed by atoms with van der Waals surface area (Å²) in [5, 5.41) is 14.8. The van der Waals surface area contributed by atoms with E-state index in [2.05, 4.69) is 5.32 Å². The van der Waals surface area contributed by atoms with Crippen LogP contribution in [0.5, 0.6) is 0 Å². The van der Waals surface area contributed by atoms with Crippen LogP contribution in [0.4, 0.5) is 11.4 Å². The number of hydrogen-bond donors (Lipinski definition) is 1. The molecule has 1 atom stereocenters. The predicted octanol–water partition coefficient (Wildman–Crippen LogP) is 1.09. The van der Waals surface area contributed by atoms with Gasteiger partial charge < -0.3 is 20.0 Å². The van der Waals surface area contributed by atoms with Crippen LogP contribution in [0.2, 0.25) is 0 Å². The zero-order chi connectivity index (χ0) is 20.3. The van der Waals surface area contributed by atoms with Crippen LogP contribution in [0.25, 0.3) is 0 Å². The summed E-state index contributed by atoms with van der Waals surface area (Å²) in [6, 6.07) is 4.86. The van der Waals surface area contributed by atoms with Crippen LogP contribution in [0.1, 0.15) is 30.1 Å². The number of nitrogens with one attached hydrogen (secondary N) is 1. The summed E-state index contributed by atoms with van der Waals surface area (Å²) < 4.78 is 0. The number of nitro benzene ring substituents is 1. The number of nitrogens with zero attached hydrogens (tertiary/aromatic N) is 4. The fourth-order valence-electron chi connectivity index (χ4n) is 4.05. The Kier molecular flexibility index (Phi) is 6.13. The standard InChI is InChI=1S/C19H27N5O4/c1-14(25)21-8-10-22(11-9-21)17-6-5-15(12-18(17)24(27)28)19(26)23-7-3-4-16(23)13-20-2/h5-6,12,16,20H,3-4,7-11,13H2,1-2H3. The lowest BCUT2D eigenvalue weighted by Gasteiger charge is -2.35. The highest BCUT2D eigenvalue weighted by Crippen LogP contribution is 2.31. The van der Waals surface area contributed by atoms with E-state index in [1.807, 2.05) is 11.9 Å². The molecule has 2 fully saturated rings. The third-order valence-corrected chi connectivity index (χ3v) is 5.56. The first-order chi connectivity index (χ1) is 13.4. The van der Waals surface area contributed by atoms with Gasteiger partial charge in [0.05, 0.1) is 4.92 Å². The average Bonchev–Trinajstić information content (AvgIpc) is 3.15. The zero-order valence-corrected chi connectivity index (χ0v) is 16.4. The minimum atomic E-state index is -0.432. The maximum absolute atomic E-state index is 12.9. The predicted molar refractivity (Wildman–Crippen MR) is 106 cm³/mol. The van der Waals surface area contributed by atoms with E-state index in [4.69, 9.17) is 0 Å². The SMILES string of the molecule is CNCC1CCCN1C(=O)c1ccc(N2CCN(C(C)=O)CC2)c([N+](=O)[O-])c1. The fourth-order valence-corrected chi connectivity index (χ4v) is 4.05. The largest absolute Gasteiger partial charge is 0.362 e. The van der Waals surface area contributed by atoms with Gasteiger partial charge in [-0.3, -0.25) is 19.7 Å². The van der Waals surface area contributed by atoms with Gasteiger partial charge in [0.15, 0.2) is 0 Å². The van der Waals surface area contributed by atoms with E-state index in [-0.39, 0.29) is 23.5 Å². The molecule has 0 aromatic heterocycles. The van der Waals surface area contributed by atoms with Crippen molar-refractivity contribution in [2.45, 2.75) is 25.8 Å². The van der Waals surface area contributed by atoms with Crippen molar-refractivity contribution in [3.05, 3.63) is 33.9 Å². The molecule has 9 heteroatoms. The van der Waals surface area contributed by atoms with Gasteiger partial charge in [0, 0.05) is 63.9 Å². The van der Waals surface area contributed by atoms with Gasteiger partial charge in [-0.25, -0.2) is 0 Å². The van der Waals surface area contributed by atoms with Gasteiger partial charge in [-0.1, -0.05) is 0 Å². The van der Waals surface area contributed by atoms with Gasteiger partial charge >= 0.3 is 0 Å². The molecule has 0 radical (unpaired) electrons. The molecular formula is C19H27N5O4. The first kappa shape index (κ1) is 20.1. The Balaban J connectivity index is 1.81. The Morgan fingerprint density at radius 2 is 1.93 bits per heavy atom. The van der Waals surface area contributed by atoms with Crippen molar-refractivity contribution in [1.82, 2.24) is 15.1 Å². The number of benzene rings is 1. The molecule has 152 valence electrons. The first-order valence-corrected chi connectivity index (χ1v) is 9.67. The van der Waals surface area contributed by atoms with Crippen LogP contribution in [0.3, 0.4) is 0 Å². The topological polar surface area (TPSA) is 99.0 Å². The number of nitro groups is 1. The van der Waals surface area contributed by atoms with E-state index >= 15 is 0 Å². The molecule has 0 spiro atoms. The Morgan fingerprint density at radius 1 is 1.21 bits per heavy atom. The molecule has 2 aliphatic rings. The van der Waals surface area contributed by atoms with Crippen LogP contribution >= 0.6 is 0 Å². The minimum absolute atomic E-state index is 0.0110. The Bertz CT molecular complexity index is 761. The highest BCUT2D eigenvalue weighted by atomic mass is 16.6. The lowest BCUT2D eigenvalue weighted by molar-refractivity contribution is -0.384. The maximum atomic E-state index is 12.9. The van der Waals surface area contributed by atoms with E-state index in [0.29, 0.717) is 50.5 Å². The second kappa shape index (κ2) is 8.55. The van der Waals surface area contributed by atoms with E-state index in [9.17, 15) is 19.7 Å². The van der Waals surface area contributed by atoms with E-state index in [1.54, 1.807) is 21.9 Å². The Labute approximate surface area is 164 Å². The van der Waals surface area contributed by atoms with E-state index in [1.165, 1.54) is 13.0 Å². The molecule has 0 bridgehead atoms. The molecule has 2 heterocycles. The van der Waals surface area contributed by atoms with Crippen molar-refractivity contribution in [3.8, 4) is 0 Å². The third kappa shape index (κ3) is 4.09. The summed E-state index contributed by atoms with van der Waals surface area (Å²) >= 11 is 0. The number of rotatable bonds is 5. The first-order valence-electron chi connectivity index (χ1n) is 9.67. The lowest BCUT2D eigenvalue weighted by atomic mass is 10.1. The fraction of sp³-hybridized carbons (Fsp3) is 0.579. The van der Waals surface area contributed by atoms with Gasteiger partial charge in [0.25, 0.3) is 11.6 Å². The van der Waals surface area contributed by atoms with Crippen molar-refractivity contribution in [1.29, 1.82) is 0 Å². The molecule has 0 saturated carbocycles. The molecule has 1 N–H and O–H groups in total. The molecule has 3 rings (SSSR count). The number of piperazine rings is 1. The summed E-state index contributed by atoms with van der Waals surface area (Å²) in [6.07, 6.45) is 1.88. The van der Waals surface area contributed by atoms with Crippen molar-refractivity contribution in [2.75, 3.05) is 51.2 Å². The Morgan fingerprint density at radius 3 is 2.54 bits per heavy atom. The number of amides is 2. The minimum Gasteiger partial charge on any atom is -0.362 e. The molecule has 1 aromatic rings. The number of hydrogen-bond acceptors (Lipinski definition) is 6. The van der Waals surface area contributed by atoms with Crippen molar-refractivity contribution in [3.63, 3.8) is 0 Å². The number of likely N-dealkylation sites (N-methyl/N-ethyl adjacent to an activating group) is 1. The van der Waals surface area contributed by atoms with Crippen LogP contribution in [0, 0.1) is 10.1 Å². The summed E-state index contributed by atoms with van der Waals surface area (Å²) in [6.45, 7) is 5.05. The average molecular weight is 389 g/mol. The summed E-state index contributed by atoms with van der Waals surface area (Å²) in [7, 11) is 1.85. The van der Waals surface area contributed by atoms with E-state index < -0.39 is 4.92 Å². The zero-order valence-electron chi connectivity index (χ0n) is 16.4. The molecule has 1 aromatic carbocycles. The van der Waals surface area contributed by atoms with Gasteiger partial charge in [-0.05, 0) is 32.0 Å². The van der Waals surface area contributed by atoms with Crippen LogP contribution in [-0.2, 0) is 4.79 Å². The van der Waals surface area contributed by atoms with Crippen molar-refractivity contribution in [2.24, 2.45) is 0 Å². The normalized spacial score (nSPS) is 19.8. The molecule has 28 heavy (non-hydrogen) atoms. The smallest absolute Gasteiger partial charge is 0.293 e. The van der Waals surface area contributed by atoms with Gasteiger partial charge in [-0.15, -0.1) is 0 Å². The monoisotopic (exact) mass is 389 g/mol. The molecule has 9 nitrogen and oxygen atoms in total. The van der Waals surface area contributed by atoms with Crippen molar-refractivity contribution >= 4 is 23.2 Å². The third-order valence-electron chi connectivity index (χ3n) is 5.56. The van der Waals surface area contributed by atoms with Crippen LogP contribution in [-0.4, -0.2) is 78.9 Å².